The van der Waals surface area contributed by atoms with E-state index in [1.807, 2.05) is 0 Å². The van der Waals surface area contributed by atoms with Crippen molar-refractivity contribution in [3.05, 3.63) is 53.6 Å². The summed E-state index contributed by atoms with van der Waals surface area (Å²) in [6, 6.07) is 9.59. The second kappa shape index (κ2) is 7.12. The maximum absolute atomic E-state index is 12.1. The van der Waals surface area contributed by atoms with Crippen LogP contribution in [0, 0.1) is 0 Å². The third kappa shape index (κ3) is 5.08. The van der Waals surface area contributed by atoms with E-state index >= 15 is 0 Å². The molecule has 2 aromatic carbocycles. The lowest BCUT2D eigenvalue weighted by Crippen LogP contribution is -2.17. The zero-order valence-corrected chi connectivity index (χ0v) is 12.3. The fourth-order valence-corrected chi connectivity index (χ4v) is 2.03. The van der Waals surface area contributed by atoms with Gasteiger partial charge in [-0.15, -0.1) is 13.2 Å². The Morgan fingerprint density at radius 2 is 1.79 bits per heavy atom. The van der Waals surface area contributed by atoms with Crippen LogP contribution in [-0.4, -0.2) is 29.1 Å². The van der Waals surface area contributed by atoms with Gasteiger partial charge in [0.05, 0.1) is 0 Å². The molecule has 128 valence electrons. The molecule has 8 heteroatoms. The molecule has 0 aromatic heterocycles. The number of rotatable bonds is 6. The van der Waals surface area contributed by atoms with Crippen molar-refractivity contribution in [1.82, 2.24) is 0 Å². The molecule has 2 aromatic rings. The molecule has 24 heavy (non-hydrogen) atoms. The van der Waals surface area contributed by atoms with Crippen LogP contribution in [0.1, 0.15) is 15.9 Å². The Kier molecular flexibility index (Phi) is 5.18. The number of benzene rings is 2. The van der Waals surface area contributed by atoms with Gasteiger partial charge in [0.15, 0.2) is 0 Å². The van der Waals surface area contributed by atoms with Crippen molar-refractivity contribution in [3.63, 3.8) is 0 Å². The lowest BCUT2D eigenvalue weighted by atomic mass is 10.1. The van der Waals surface area contributed by atoms with E-state index in [1.54, 1.807) is 0 Å². The van der Waals surface area contributed by atoms with Gasteiger partial charge >= 0.3 is 12.3 Å². The number of carboxylic acid groups (broad SMARTS) is 1. The normalized spacial score (nSPS) is 11.1. The topological polar surface area (TPSA) is 78.8 Å². The number of alkyl halides is 3. The van der Waals surface area contributed by atoms with E-state index in [4.69, 9.17) is 5.11 Å². The Morgan fingerprint density at radius 1 is 1.12 bits per heavy atom. The third-order valence-corrected chi connectivity index (χ3v) is 3.13. The van der Waals surface area contributed by atoms with E-state index in [0.29, 0.717) is 18.7 Å². The Balaban J connectivity index is 1.90. The first-order chi connectivity index (χ1) is 11.2. The minimum Gasteiger partial charge on any atom is -0.507 e. The third-order valence-electron chi connectivity index (χ3n) is 3.13. The number of hydrogen-bond donors (Lipinski definition) is 3. The summed E-state index contributed by atoms with van der Waals surface area (Å²) < 4.78 is 40.0. The lowest BCUT2D eigenvalue weighted by Gasteiger charge is -2.10. The van der Waals surface area contributed by atoms with Gasteiger partial charge in [0.25, 0.3) is 0 Å². The maximum Gasteiger partial charge on any atom is 0.573 e. The lowest BCUT2D eigenvalue weighted by molar-refractivity contribution is -0.274. The number of aromatic carboxylic acids is 1. The number of anilines is 1. The van der Waals surface area contributed by atoms with Crippen LogP contribution in [0.2, 0.25) is 0 Å². The van der Waals surface area contributed by atoms with Crippen LogP contribution in [0.3, 0.4) is 0 Å². The summed E-state index contributed by atoms with van der Waals surface area (Å²) >= 11 is 0. The fraction of sp³-hybridized carbons (Fsp3) is 0.188. The van der Waals surface area contributed by atoms with Gasteiger partial charge in [0, 0.05) is 12.2 Å². The molecule has 0 atom stereocenters. The molecular formula is C16H14F3NO4. The largest absolute Gasteiger partial charge is 0.573 e. The van der Waals surface area contributed by atoms with Crippen molar-refractivity contribution in [2.75, 3.05) is 11.9 Å². The quantitative estimate of drug-likeness (QED) is 0.699. The molecule has 0 aliphatic heterocycles. The monoisotopic (exact) mass is 341 g/mol. The number of aromatic hydroxyl groups is 1. The van der Waals surface area contributed by atoms with Crippen LogP contribution in [0.15, 0.2) is 42.5 Å². The molecule has 0 radical (unpaired) electrons. The van der Waals surface area contributed by atoms with Crippen molar-refractivity contribution >= 4 is 11.7 Å². The van der Waals surface area contributed by atoms with Crippen LogP contribution >= 0.6 is 0 Å². The molecule has 0 bridgehead atoms. The maximum atomic E-state index is 12.1. The molecule has 0 aliphatic rings. The highest BCUT2D eigenvalue weighted by Crippen LogP contribution is 2.23. The molecule has 0 unspecified atom stereocenters. The number of halogens is 3. The van der Waals surface area contributed by atoms with Gasteiger partial charge in [-0.2, -0.15) is 0 Å². The van der Waals surface area contributed by atoms with Gasteiger partial charge in [-0.25, -0.2) is 4.79 Å². The summed E-state index contributed by atoms with van der Waals surface area (Å²) in [7, 11) is 0. The number of nitrogens with one attached hydrogen (secondary N) is 1. The Labute approximate surface area is 135 Å². The predicted octanol–water partition coefficient (Wildman–Crippen LogP) is 3.64. The highest BCUT2D eigenvalue weighted by Gasteiger charge is 2.30. The summed E-state index contributed by atoms with van der Waals surface area (Å²) in [5, 5.41) is 21.3. The van der Waals surface area contributed by atoms with Gasteiger partial charge in [0.2, 0.25) is 0 Å². The smallest absolute Gasteiger partial charge is 0.507 e. The Morgan fingerprint density at radius 3 is 2.38 bits per heavy atom. The molecule has 3 N–H and O–H groups in total. The number of ether oxygens (including phenoxy) is 1. The zero-order valence-electron chi connectivity index (χ0n) is 12.3. The Bertz CT molecular complexity index is 714. The van der Waals surface area contributed by atoms with E-state index in [0.717, 1.165) is 5.56 Å². The number of phenols is 1. The number of hydrogen-bond acceptors (Lipinski definition) is 4. The SMILES string of the molecule is O=C(O)c1cc(NCCc2ccc(OC(F)(F)F)cc2)ccc1O. The highest BCUT2D eigenvalue weighted by atomic mass is 19.4. The second-order valence-electron chi connectivity index (χ2n) is 4.91. The van der Waals surface area contributed by atoms with Gasteiger partial charge in [0.1, 0.15) is 17.1 Å². The summed E-state index contributed by atoms with van der Waals surface area (Å²) in [5.74, 6) is -1.85. The first-order valence-corrected chi connectivity index (χ1v) is 6.89. The van der Waals surface area contributed by atoms with E-state index in [9.17, 15) is 23.1 Å². The summed E-state index contributed by atoms with van der Waals surface area (Å²) in [6.07, 6.45) is -4.21. The molecular weight excluding hydrogens is 327 g/mol. The van der Waals surface area contributed by atoms with Crippen LogP contribution in [0.25, 0.3) is 0 Å². The minimum atomic E-state index is -4.72. The molecule has 2 rings (SSSR count). The highest BCUT2D eigenvalue weighted by molar-refractivity contribution is 5.91. The first kappa shape index (κ1) is 17.5. The van der Waals surface area contributed by atoms with Gasteiger partial charge in [-0.05, 0) is 42.3 Å². The molecule has 5 nitrogen and oxygen atoms in total. The molecule has 0 saturated heterocycles. The van der Waals surface area contributed by atoms with E-state index in [1.165, 1.54) is 42.5 Å². The van der Waals surface area contributed by atoms with Gasteiger partial charge in [-0.1, -0.05) is 12.1 Å². The van der Waals surface area contributed by atoms with Gasteiger partial charge < -0.3 is 20.3 Å². The van der Waals surface area contributed by atoms with Crippen LogP contribution in [0.4, 0.5) is 18.9 Å². The van der Waals surface area contributed by atoms with Gasteiger partial charge in [-0.3, -0.25) is 0 Å². The standard InChI is InChI=1S/C16H14F3NO4/c17-16(18,19)24-12-4-1-10(2-5-12)7-8-20-11-3-6-14(21)13(9-11)15(22)23/h1-6,9,20-21H,7-8H2,(H,22,23). The van der Waals surface area contributed by atoms with Crippen LogP contribution in [0.5, 0.6) is 11.5 Å². The summed E-state index contributed by atoms with van der Waals surface area (Å²) in [4.78, 5) is 10.9. The first-order valence-electron chi connectivity index (χ1n) is 6.89. The molecule has 0 amide bonds. The fourth-order valence-electron chi connectivity index (χ4n) is 2.03. The van der Waals surface area contributed by atoms with Crippen LogP contribution in [-0.2, 0) is 6.42 Å². The van der Waals surface area contributed by atoms with Crippen LogP contribution < -0.4 is 10.1 Å². The molecule has 0 aliphatic carbocycles. The average Bonchev–Trinajstić information content (AvgIpc) is 2.49. The second-order valence-corrected chi connectivity index (χ2v) is 4.91. The van der Waals surface area contributed by atoms with E-state index < -0.39 is 12.3 Å². The number of carbonyl (C=O) groups is 1. The molecule has 0 fully saturated rings. The Hall–Kier alpha value is -2.90. The molecule has 0 saturated carbocycles. The summed E-state index contributed by atoms with van der Waals surface area (Å²) in [6.45, 7) is 0.434. The van der Waals surface area contributed by atoms with Crippen molar-refractivity contribution in [3.8, 4) is 11.5 Å². The van der Waals surface area contributed by atoms with E-state index in [2.05, 4.69) is 10.1 Å². The molecule has 0 heterocycles. The zero-order chi connectivity index (χ0) is 17.7. The van der Waals surface area contributed by atoms with E-state index in [-0.39, 0.29) is 17.1 Å². The average molecular weight is 341 g/mol. The summed E-state index contributed by atoms with van der Waals surface area (Å²) in [5.41, 5.74) is 1.09. The van der Waals surface area contributed by atoms with Crippen molar-refractivity contribution in [2.45, 2.75) is 12.8 Å². The number of carboxylic acids is 1. The van der Waals surface area contributed by atoms with Crippen molar-refractivity contribution < 1.29 is 32.9 Å². The predicted molar refractivity (Wildman–Crippen MR) is 80.4 cm³/mol. The molecule has 0 spiro atoms. The minimum absolute atomic E-state index is 0.214. The van der Waals surface area contributed by atoms with Crippen molar-refractivity contribution in [2.24, 2.45) is 0 Å². The van der Waals surface area contributed by atoms with Crippen molar-refractivity contribution in [1.29, 1.82) is 0 Å².